The molecule has 0 aliphatic heterocycles. The van der Waals surface area contributed by atoms with Crippen LogP contribution in [0.1, 0.15) is 26.7 Å². The lowest BCUT2D eigenvalue weighted by Crippen LogP contribution is -2.26. The van der Waals surface area contributed by atoms with E-state index < -0.39 is 6.10 Å². The molecule has 0 aliphatic carbocycles. The maximum atomic E-state index is 8.99. The van der Waals surface area contributed by atoms with Crippen molar-refractivity contribution in [2.45, 2.75) is 45.0 Å². The molecule has 3 nitrogen and oxygen atoms in total. The van der Waals surface area contributed by atoms with Crippen LogP contribution in [-0.4, -0.2) is 37.2 Å². The van der Waals surface area contributed by atoms with E-state index in [-0.39, 0.29) is 12.2 Å². The van der Waals surface area contributed by atoms with Gasteiger partial charge in [0, 0.05) is 18.9 Å². The van der Waals surface area contributed by atoms with Gasteiger partial charge in [0.05, 0.1) is 18.3 Å². The Morgan fingerprint density at radius 2 is 1.76 bits per heavy atom. The van der Waals surface area contributed by atoms with E-state index in [9.17, 15) is 0 Å². The van der Waals surface area contributed by atoms with Crippen LogP contribution in [0.5, 0.6) is 0 Å². The minimum Gasteiger partial charge on any atom is -0.381 e. The second-order valence-electron chi connectivity index (χ2n) is 4.28. The lowest BCUT2D eigenvalue weighted by Gasteiger charge is -2.22. The van der Waals surface area contributed by atoms with Crippen molar-refractivity contribution in [1.82, 2.24) is 0 Å². The summed E-state index contributed by atoms with van der Waals surface area (Å²) < 4.78 is 10.8. The number of ether oxygens (including phenoxy) is 2. The van der Waals surface area contributed by atoms with E-state index in [1.165, 1.54) is 0 Å². The van der Waals surface area contributed by atoms with Crippen molar-refractivity contribution in [3.63, 3.8) is 0 Å². The Bertz CT molecular complexity index is 227. The van der Waals surface area contributed by atoms with Crippen LogP contribution in [0.3, 0.4) is 0 Å². The second kappa shape index (κ2) is 9.96. The summed E-state index contributed by atoms with van der Waals surface area (Å²) in [5, 5.41) is 8.99. The molecule has 0 rings (SSSR count). The molecular formula is C12H21Cl2NO2. The van der Waals surface area contributed by atoms with Crippen LogP contribution in [0, 0.1) is 17.2 Å². The summed E-state index contributed by atoms with van der Waals surface area (Å²) in [7, 11) is 1.69. The van der Waals surface area contributed by atoms with Gasteiger partial charge in [0.25, 0.3) is 0 Å². The third-order valence-corrected chi connectivity index (χ3v) is 3.29. The first-order chi connectivity index (χ1) is 8.08. The van der Waals surface area contributed by atoms with E-state index in [1.54, 1.807) is 7.11 Å². The molecule has 0 saturated heterocycles. The largest absolute Gasteiger partial charge is 0.381 e. The Morgan fingerprint density at radius 1 is 1.18 bits per heavy atom. The fourth-order valence-corrected chi connectivity index (χ4v) is 2.02. The maximum Gasteiger partial charge on any atom is 0.144 e. The summed E-state index contributed by atoms with van der Waals surface area (Å²) in [6, 6.07) is 2.12. The second-order valence-corrected chi connectivity index (χ2v) is 4.90. The molecule has 0 aliphatic rings. The highest BCUT2D eigenvalue weighted by atomic mass is 35.5. The number of rotatable bonds is 9. The van der Waals surface area contributed by atoms with Crippen LogP contribution in [-0.2, 0) is 9.47 Å². The molecule has 5 heteroatoms. The average molecular weight is 282 g/mol. The number of alkyl halides is 2. The van der Waals surface area contributed by atoms with Gasteiger partial charge >= 0.3 is 0 Å². The van der Waals surface area contributed by atoms with Crippen LogP contribution in [0.15, 0.2) is 0 Å². The quantitative estimate of drug-likeness (QED) is 0.610. The Balaban J connectivity index is 4.09. The highest BCUT2D eigenvalue weighted by Crippen LogP contribution is 2.16. The molecule has 0 spiro atoms. The molecule has 0 radical (unpaired) electrons. The minimum absolute atomic E-state index is 0.153. The Kier molecular flexibility index (Phi) is 9.96. The van der Waals surface area contributed by atoms with Crippen LogP contribution in [0.2, 0.25) is 0 Å². The lowest BCUT2D eigenvalue weighted by atomic mass is 10.0. The molecule has 0 N–H and O–H groups in total. The Morgan fingerprint density at radius 3 is 2.12 bits per heavy atom. The predicted molar refractivity (Wildman–Crippen MR) is 70.6 cm³/mol. The molecule has 0 aromatic rings. The first-order valence-electron chi connectivity index (χ1n) is 5.78. The maximum absolute atomic E-state index is 8.99. The number of hydrogen-bond donors (Lipinski definition) is 0. The van der Waals surface area contributed by atoms with Crippen LogP contribution >= 0.6 is 23.2 Å². The molecule has 17 heavy (non-hydrogen) atoms. The van der Waals surface area contributed by atoms with Gasteiger partial charge in [-0.25, -0.2) is 0 Å². The first-order valence-corrected chi connectivity index (χ1v) is 6.85. The molecule has 0 heterocycles. The van der Waals surface area contributed by atoms with Gasteiger partial charge in [0.15, 0.2) is 0 Å². The topological polar surface area (TPSA) is 42.2 Å². The van der Waals surface area contributed by atoms with Crippen molar-refractivity contribution in [2.75, 3.05) is 18.9 Å². The number of hydrogen-bond acceptors (Lipinski definition) is 3. The van der Waals surface area contributed by atoms with Gasteiger partial charge in [-0.15, -0.1) is 23.2 Å². The van der Waals surface area contributed by atoms with Gasteiger partial charge in [-0.05, 0) is 18.8 Å². The van der Waals surface area contributed by atoms with E-state index in [0.29, 0.717) is 24.1 Å². The number of halogens is 2. The van der Waals surface area contributed by atoms with Crippen molar-refractivity contribution in [2.24, 2.45) is 5.92 Å². The minimum atomic E-state index is -0.464. The van der Waals surface area contributed by atoms with E-state index in [1.807, 2.05) is 0 Å². The van der Waals surface area contributed by atoms with Gasteiger partial charge in [-0.1, -0.05) is 13.8 Å². The normalized spacial score (nSPS) is 14.9. The molecule has 0 unspecified atom stereocenters. The summed E-state index contributed by atoms with van der Waals surface area (Å²) in [6.45, 7) is 4.19. The molecule has 2 atom stereocenters. The molecule has 0 amide bonds. The van der Waals surface area contributed by atoms with Crippen LogP contribution < -0.4 is 0 Å². The van der Waals surface area contributed by atoms with E-state index in [2.05, 4.69) is 19.9 Å². The molecule has 0 bridgehead atoms. The summed E-state index contributed by atoms with van der Waals surface area (Å²) in [6.07, 6.45) is 0.859. The summed E-state index contributed by atoms with van der Waals surface area (Å²) in [5.41, 5.74) is 0. The van der Waals surface area contributed by atoms with Crippen LogP contribution in [0.4, 0.5) is 0 Å². The average Bonchev–Trinajstić information content (AvgIpc) is 2.33. The fraction of sp³-hybridized carbons (Fsp3) is 0.917. The first kappa shape index (κ1) is 17.0. The van der Waals surface area contributed by atoms with Gasteiger partial charge in [0.2, 0.25) is 0 Å². The monoisotopic (exact) mass is 281 g/mol. The van der Waals surface area contributed by atoms with Crippen molar-refractivity contribution in [3.8, 4) is 6.07 Å². The van der Waals surface area contributed by atoms with Gasteiger partial charge in [0.1, 0.15) is 6.10 Å². The Labute approximate surface area is 114 Å². The fourth-order valence-electron chi connectivity index (χ4n) is 1.55. The molecule has 0 saturated carbocycles. The molecule has 100 valence electrons. The van der Waals surface area contributed by atoms with Gasteiger partial charge in [-0.3, -0.25) is 0 Å². The molecule has 0 fully saturated rings. The van der Waals surface area contributed by atoms with Gasteiger partial charge in [-0.2, -0.15) is 5.26 Å². The molecular weight excluding hydrogens is 261 g/mol. The number of nitriles is 1. The number of nitrogens with zero attached hydrogens (tertiary/aromatic N) is 1. The van der Waals surface area contributed by atoms with Crippen molar-refractivity contribution >= 4 is 23.2 Å². The Hall–Kier alpha value is -0.0100. The third kappa shape index (κ3) is 7.10. The van der Waals surface area contributed by atoms with E-state index in [0.717, 1.165) is 6.42 Å². The predicted octanol–water partition coefficient (Wildman–Crippen LogP) is 3.19. The highest BCUT2D eigenvalue weighted by Gasteiger charge is 2.18. The zero-order chi connectivity index (χ0) is 13.3. The smallest absolute Gasteiger partial charge is 0.144 e. The van der Waals surface area contributed by atoms with Gasteiger partial charge < -0.3 is 9.47 Å². The standard InChI is InChI=1S/C12H21Cl2NO2/c1-9(2)12(16-3)5-4-10(8-15)17-11(6-13)7-14/h9-12H,4-7H2,1-3H3/t10-,12+/m1/s1. The zero-order valence-corrected chi connectivity index (χ0v) is 12.2. The molecule has 0 aromatic heterocycles. The highest BCUT2D eigenvalue weighted by molar-refractivity contribution is 6.21. The third-order valence-electron chi connectivity index (χ3n) is 2.60. The summed E-state index contributed by atoms with van der Waals surface area (Å²) in [5.74, 6) is 1.04. The summed E-state index contributed by atoms with van der Waals surface area (Å²) in [4.78, 5) is 0. The number of methoxy groups -OCH3 is 1. The molecule has 0 aromatic carbocycles. The van der Waals surface area contributed by atoms with Crippen molar-refractivity contribution in [1.29, 1.82) is 5.26 Å². The lowest BCUT2D eigenvalue weighted by molar-refractivity contribution is 0.0129. The van der Waals surface area contributed by atoms with Crippen molar-refractivity contribution in [3.05, 3.63) is 0 Å². The van der Waals surface area contributed by atoms with E-state index in [4.69, 9.17) is 37.9 Å². The van der Waals surface area contributed by atoms with Crippen molar-refractivity contribution < 1.29 is 9.47 Å². The summed E-state index contributed by atoms with van der Waals surface area (Å²) >= 11 is 11.3. The SMILES string of the molecule is CO[C@@H](CC[C@H](C#N)OC(CCl)CCl)C(C)C. The van der Waals surface area contributed by atoms with E-state index >= 15 is 0 Å². The zero-order valence-electron chi connectivity index (χ0n) is 10.7. The van der Waals surface area contributed by atoms with Crippen LogP contribution in [0.25, 0.3) is 0 Å².